The molecule has 2 saturated heterocycles. The number of Topliss-reactive ketones (excluding diaryl/α,β-unsaturated/α-hetero) is 1. The highest BCUT2D eigenvalue weighted by Gasteiger charge is 2.70. The molecule has 0 amide bonds. The molecule has 1 aromatic carbocycles. The van der Waals surface area contributed by atoms with Crippen molar-refractivity contribution >= 4 is 17.7 Å². The van der Waals surface area contributed by atoms with Gasteiger partial charge >= 0.3 is 11.9 Å². The molecule has 5 N–H and O–H groups in total. The fourth-order valence-corrected chi connectivity index (χ4v) is 12.1. The number of hydrogen-bond donors (Lipinski definition) is 5. The number of benzene rings is 1. The minimum Gasteiger partial charge on any atom is -0.497 e. The third-order valence-corrected chi connectivity index (χ3v) is 15.7. The maximum absolute atomic E-state index is 14.2. The Kier molecular flexibility index (Phi) is 14.0. The number of ketones is 1. The van der Waals surface area contributed by atoms with Crippen LogP contribution in [0.4, 0.5) is 0 Å². The Morgan fingerprint density at radius 3 is 2.19 bits per heavy atom. The molecule has 2 aliphatic heterocycles. The van der Waals surface area contributed by atoms with Gasteiger partial charge in [0.15, 0.2) is 24.8 Å². The minimum absolute atomic E-state index is 0.0591. The molecule has 0 radical (unpaired) electrons. The van der Waals surface area contributed by atoms with Gasteiger partial charge in [0.1, 0.15) is 41.5 Å². The summed E-state index contributed by atoms with van der Waals surface area (Å²) in [5, 5.41) is 57.1. The topological polar surface area (TPSA) is 217 Å². The largest absolute Gasteiger partial charge is 0.497 e. The fourth-order valence-electron chi connectivity index (χ4n) is 12.1. The van der Waals surface area contributed by atoms with Crippen LogP contribution in [0.25, 0.3) is 0 Å². The van der Waals surface area contributed by atoms with E-state index in [1.807, 2.05) is 0 Å². The van der Waals surface area contributed by atoms with Crippen molar-refractivity contribution in [3.63, 3.8) is 0 Å². The van der Waals surface area contributed by atoms with Crippen LogP contribution in [0.1, 0.15) is 110 Å². The van der Waals surface area contributed by atoms with Gasteiger partial charge in [-0.05, 0) is 105 Å². The van der Waals surface area contributed by atoms with Gasteiger partial charge in [-0.3, -0.25) is 9.59 Å². The van der Waals surface area contributed by atoms with Crippen molar-refractivity contribution in [3.05, 3.63) is 41.5 Å². The van der Waals surface area contributed by atoms with E-state index in [4.69, 9.17) is 33.2 Å². The van der Waals surface area contributed by atoms with Crippen LogP contribution in [0.2, 0.25) is 0 Å². The quantitative estimate of drug-likeness (QED) is 0.140. The fraction of sp³-hybridized carbons (Fsp3) is 0.766. The predicted octanol–water partition coefficient (Wildman–Crippen LogP) is 4.02. The van der Waals surface area contributed by atoms with Crippen molar-refractivity contribution in [1.82, 2.24) is 0 Å². The van der Waals surface area contributed by atoms with E-state index < -0.39 is 90.8 Å². The van der Waals surface area contributed by atoms with Crippen LogP contribution >= 0.6 is 0 Å². The first-order valence-corrected chi connectivity index (χ1v) is 22.6. The number of aliphatic hydroxyl groups excluding tert-OH is 4. The average Bonchev–Trinajstić information content (AvgIpc) is 3.47. The molecule has 15 heteroatoms. The highest BCUT2D eigenvalue weighted by molar-refractivity contribution is 5.89. The van der Waals surface area contributed by atoms with E-state index in [1.165, 1.54) is 31.7 Å². The zero-order chi connectivity index (χ0) is 44.9. The molecule has 1 aromatic rings. The summed E-state index contributed by atoms with van der Waals surface area (Å²) in [5.74, 6) is -1.30. The number of aliphatic hydroxyl groups is 5. The molecule has 0 aromatic heterocycles. The molecule has 346 valence electrons. The number of carbonyl (C=O) groups is 3. The molecule has 5 fully saturated rings. The number of rotatable bonds is 13. The lowest BCUT2D eigenvalue weighted by molar-refractivity contribution is -0.345. The molecular formula is C47H68O15. The summed E-state index contributed by atoms with van der Waals surface area (Å²) >= 11 is 0. The molecule has 0 spiro atoms. The second kappa shape index (κ2) is 18.5. The summed E-state index contributed by atoms with van der Waals surface area (Å²) in [5.41, 5.74) is -1.08. The summed E-state index contributed by atoms with van der Waals surface area (Å²) in [6, 6.07) is 6.05. The van der Waals surface area contributed by atoms with Crippen LogP contribution < -0.4 is 4.74 Å². The summed E-state index contributed by atoms with van der Waals surface area (Å²) in [7, 11) is 1.48. The molecule has 7 rings (SSSR count). The van der Waals surface area contributed by atoms with Crippen LogP contribution in [-0.2, 0) is 38.0 Å². The van der Waals surface area contributed by atoms with Gasteiger partial charge in [0.05, 0.1) is 38.1 Å². The Morgan fingerprint density at radius 2 is 1.53 bits per heavy atom. The van der Waals surface area contributed by atoms with Gasteiger partial charge in [-0.15, -0.1) is 0 Å². The lowest BCUT2D eigenvalue weighted by Crippen LogP contribution is -2.64. The van der Waals surface area contributed by atoms with Crippen LogP contribution in [-0.4, -0.2) is 131 Å². The molecule has 8 unspecified atom stereocenters. The van der Waals surface area contributed by atoms with Crippen LogP contribution in [0, 0.1) is 40.4 Å². The Hall–Kier alpha value is -2.99. The number of ether oxygens (including phenoxy) is 7. The summed E-state index contributed by atoms with van der Waals surface area (Å²) in [4.78, 5) is 40.3. The van der Waals surface area contributed by atoms with E-state index in [2.05, 4.69) is 33.8 Å². The van der Waals surface area contributed by atoms with Crippen molar-refractivity contribution in [2.24, 2.45) is 40.4 Å². The van der Waals surface area contributed by atoms with Gasteiger partial charge in [-0.2, -0.15) is 0 Å². The molecule has 17 atom stereocenters. The van der Waals surface area contributed by atoms with Gasteiger partial charge < -0.3 is 58.7 Å². The maximum atomic E-state index is 14.2. The van der Waals surface area contributed by atoms with Crippen LogP contribution in [0.15, 0.2) is 35.9 Å². The third-order valence-electron chi connectivity index (χ3n) is 15.7. The van der Waals surface area contributed by atoms with Crippen molar-refractivity contribution < 1.29 is 73.1 Å². The Balaban J connectivity index is 1.18. The van der Waals surface area contributed by atoms with Crippen LogP contribution in [0.3, 0.4) is 0 Å². The van der Waals surface area contributed by atoms with Crippen molar-refractivity contribution in [1.29, 1.82) is 0 Å². The Bertz CT molecular complexity index is 1800. The lowest BCUT2D eigenvalue weighted by atomic mass is 9.46. The normalized spacial score (nSPS) is 42.1. The number of hydrogen-bond acceptors (Lipinski definition) is 15. The predicted molar refractivity (Wildman–Crippen MR) is 221 cm³/mol. The van der Waals surface area contributed by atoms with Crippen LogP contribution in [0.5, 0.6) is 5.75 Å². The third kappa shape index (κ3) is 8.62. The number of allylic oxidation sites excluding steroid dienone is 1. The molecule has 15 nitrogen and oxygen atoms in total. The van der Waals surface area contributed by atoms with Gasteiger partial charge in [0.25, 0.3) is 0 Å². The van der Waals surface area contributed by atoms with E-state index in [0.29, 0.717) is 37.4 Å². The van der Waals surface area contributed by atoms with Crippen molar-refractivity contribution in [2.45, 2.75) is 166 Å². The monoisotopic (exact) mass is 872 g/mol. The first-order chi connectivity index (χ1) is 29.3. The standard InChI is InChI=1S/C47H68O15/c1-24(2)8-15-34(50)25(3)47(55)37(21-33-31-14-11-28-20-29(49)16-18-45(28,5)32(31)17-19-46(33,47)6)60-44-41(59-26(4)48)39(36(52)23-58-44)62-43-40(38(53)35(51)22-57-43)61-42(54)27-9-12-30(56-7)13-10-27/h9-13,24-25,29,31-33,35-41,43-44,49,51-53,55H,8,14-23H2,1-7H3/t25-,29-,31+,32-,33-,35?,36?,37-,38?,39?,40?,41?,43?,44?,45-,46-,47+/m0/s1. The second-order valence-corrected chi connectivity index (χ2v) is 19.7. The van der Waals surface area contributed by atoms with E-state index in [1.54, 1.807) is 19.1 Å². The van der Waals surface area contributed by atoms with E-state index in [9.17, 15) is 39.9 Å². The summed E-state index contributed by atoms with van der Waals surface area (Å²) < 4.78 is 41.7. The Labute approximate surface area is 364 Å². The SMILES string of the molecule is COc1ccc(C(=O)OC2C(OC3C(O)COC(O[C@H]4C[C@H]5[C@@H]6CC=C7C[C@@H](O)CC[C@]7(C)[C@H]6CC[C@]5(C)[C@@]4(O)[C@@H](C)C(=O)CCC(C)C)C3OC(C)=O)OCC(O)C2O)cc1. The van der Waals surface area contributed by atoms with Crippen molar-refractivity contribution in [3.8, 4) is 5.75 Å². The highest BCUT2D eigenvalue weighted by atomic mass is 16.8. The molecule has 4 aliphatic carbocycles. The smallest absolute Gasteiger partial charge is 0.338 e. The molecule has 62 heavy (non-hydrogen) atoms. The second-order valence-electron chi connectivity index (χ2n) is 19.7. The van der Waals surface area contributed by atoms with E-state index >= 15 is 0 Å². The number of esters is 2. The lowest BCUT2D eigenvalue weighted by Gasteiger charge is -2.59. The summed E-state index contributed by atoms with van der Waals surface area (Å²) in [6.07, 6.45) is -5.12. The highest BCUT2D eigenvalue weighted by Crippen LogP contribution is 2.69. The average molecular weight is 873 g/mol. The van der Waals surface area contributed by atoms with E-state index in [-0.39, 0.29) is 53.6 Å². The first kappa shape index (κ1) is 47.0. The zero-order valence-electron chi connectivity index (χ0n) is 37.1. The van der Waals surface area contributed by atoms with Gasteiger partial charge in [0, 0.05) is 24.7 Å². The number of methoxy groups -OCH3 is 1. The van der Waals surface area contributed by atoms with Gasteiger partial charge in [-0.25, -0.2) is 4.79 Å². The summed E-state index contributed by atoms with van der Waals surface area (Å²) in [6.45, 7) is 10.7. The zero-order valence-corrected chi connectivity index (χ0v) is 37.1. The van der Waals surface area contributed by atoms with E-state index in [0.717, 1.165) is 25.7 Å². The Morgan fingerprint density at radius 1 is 0.855 bits per heavy atom. The molecular weight excluding hydrogens is 805 g/mol. The number of carbonyl (C=O) groups excluding carboxylic acids is 3. The van der Waals surface area contributed by atoms with Gasteiger partial charge in [-0.1, -0.05) is 46.3 Å². The minimum atomic E-state index is -1.67. The van der Waals surface area contributed by atoms with Gasteiger partial charge in [0.2, 0.25) is 0 Å². The molecule has 0 bridgehead atoms. The maximum Gasteiger partial charge on any atom is 0.338 e. The number of fused-ring (bicyclic) bond motifs is 5. The molecule has 2 heterocycles. The first-order valence-electron chi connectivity index (χ1n) is 22.6. The molecule has 3 saturated carbocycles. The van der Waals surface area contributed by atoms with Crippen molar-refractivity contribution in [2.75, 3.05) is 20.3 Å². The molecule has 6 aliphatic rings.